The smallest absolute Gasteiger partial charge is 0.414 e. The first-order valence-electron chi connectivity index (χ1n) is 11.9. The van der Waals surface area contributed by atoms with Crippen molar-refractivity contribution in [3.05, 3.63) is 23.8 Å². The number of hydrogen-bond donors (Lipinski definition) is 0. The van der Waals surface area contributed by atoms with E-state index < -0.39 is 0 Å². The van der Waals surface area contributed by atoms with Crippen LogP contribution in [0.1, 0.15) is 65.4 Å². The number of likely N-dealkylation sites (N-methyl/N-ethyl adjacent to an activating group) is 1. The maximum atomic E-state index is 12.9. The lowest BCUT2D eigenvalue weighted by Gasteiger charge is -2.41. The van der Waals surface area contributed by atoms with E-state index in [1.54, 1.807) is 16.7 Å². The first-order chi connectivity index (χ1) is 15.2. The summed E-state index contributed by atoms with van der Waals surface area (Å²) in [6, 6.07) is 6.62. The van der Waals surface area contributed by atoms with E-state index >= 15 is 0 Å². The number of anilines is 2. The number of carbonyl (C=O) groups is 2. The molecule has 1 aromatic carbocycles. The van der Waals surface area contributed by atoms with Crippen molar-refractivity contribution in [2.45, 2.75) is 78.0 Å². The third-order valence-corrected chi connectivity index (χ3v) is 6.62. The third-order valence-electron chi connectivity index (χ3n) is 6.62. The van der Waals surface area contributed by atoms with E-state index in [2.05, 4.69) is 31.0 Å². The standard InChI is InChI=1S/C25H39N3O4/c1-7-20(16-26(6)22-10-12-31-13-11-22)21-8-9-23-24(14-21)27(25(30)32-17(2)3)15-18(4)28(23)19(5)29/h8-9,14,17-18,20,22H,7,10-13,15-16H2,1-6H3/t18-,20?/m0/s1. The molecule has 0 aromatic heterocycles. The van der Waals surface area contributed by atoms with Crippen LogP contribution in [0.5, 0.6) is 0 Å². The Morgan fingerprint density at radius 2 is 1.91 bits per heavy atom. The number of rotatable bonds is 6. The van der Waals surface area contributed by atoms with Crippen LogP contribution in [-0.4, -0.2) is 68.4 Å². The summed E-state index contributed by atoms with van der Waals surface area (Å²) in [6.07, 6.45) is 2.57. The number of amides is 2. The van der Waals surface area contributed by atoms with Crippen molar-refractivity contribution < 1.29 is 19.1 Å². The molecule has 0 saturated carbocycles. The Hall–Kier alpha value is -2.12. The highest BCUT2D eigenvalue weighted by atomic mass is 16.6. The van der Waals surface area contributed by atoms with Crippen LogP contribution < -0.4 is 9.80 Å². The minimum absolute atomic E-state index is 0.0188. The van der Waals surface area contributed by atoms with Gasteiger partial charge in [-0.25, -0.2) is 4.79 Å². The second kappa shape index (κ2) is 10.7. The molecule has 178 valence electrons. The highest BCUT2D eigenvalue weighted by Gasteiger charge is 2.35. The van der Waals surface area contributed by atoms with Crippen molar-refractivity contribution in [3.63, 3.8) is 0 Å². The predicted octanol–water partition coefficient (Wildman–Crippen LogP) is 4.40. The number of ether oxygens (including phenoxy) is 2. The van der Waals surface area contributed by atoms with Crippen molar-refractivity contribution >= 4 is 23.4 Å². The second-order valence-electron chi connectivity index (χ2n) is 9.42. The van der Waals surface area contributed by atoms with Gasteiger partial charge < -0.3 is 19.3 Å². The SMILES string of the molecule is CCC(CN(C)C1CCOCC1)c1ccc2c(c1)N(C(=O)OC(C)C)C[C@H](C)N2C(C)=O. The summed E-state index contributed by atoms with van der Waals surface area (Å²) >= 11 is 0. The summed E-state index contributed by atoms with van der Waals surface area (Å²) in [5.74, 6) is 0.316. The number of benzene rings is 1. The zero-order chi connectivity index (χ0) is 23.4. The zero-order valence-electron chi connectivity index (χ0n) is 20.5. The summed E-state index contributed by atoms with van der Waals surface area (Å²) in [5, 5.41) is 0. The second-order valence-corrected chi connectivity index (χ2v) is 9.42. The van der Waals surface area contributed by atoms with E-state index in [0.29, 0.717) is 18.5 Å². The molecule has 0 radical (unpaired) electrons. The Bertz CT molecular complexity index is 806. The van der Waals surface area contributed by atoms with Gasteiger partial charge in [-0.3, -0.25) is 9.69 Å². The van der Waals surface area contributed by atoms with E-state index in [9.17, 15) is 9.59 Å². The van der Waals surface area contributed by atoms with Gasteiger partial charge in [0.15, 0.2) is 0 Å². The molecule has 0 N–H and O–H groups in total. The first-order valence-corrected chi connectivity index (χ1v) is 11.9. The Labute approximate surface area is 192 Å². The van der Waals surface area contributed by atoms with Crippen LogP contribution in [0, 0.1) is 0 Å². The fourth-order valence-electron chi connectivity index (χ4n) is 4.91. The molecule has 3 rings (SSSR count). The summed E-state index contributed by atoms with van der Waals surface area (Å²) in [5.41, 5.74) is 2.72. The number of fused-ring (bicyclic) bond motifs is 1. The van der Waals surface area contributed by atoms with E-state index in [4.69, 9.17) is 9.47 Å². The largest absolute Gasteiger partial charge is 0.446 e. The summed E-state index contributed by atoms with van der Waals surface area (Å²) in [4.78, 5) is 31.2. The molecule has 0 bridgehead atoms. The average molecular weight is 446 g/mol. The van der Waals surface area contributed by atoms with Crippen molar-refractivity contribution in [2.75, 3.05) is 43.2 Å². The van der Waals surface area contributed by atoms with Gasteiger partial charge in [-0.15, -0.1) is 0 Å². The normalized spacial score (nSPS) is 20.4. The minimum Gasteiger partial charge on any atom is -0.446 e. The molecule has 1 aromatic rings. The fraction of sp³-hybridized carbons (Fsp3) is 0.680. The third kappa shape index (κ3) is 5.44. The summed E-state index contributed by atoms with van der Waals surface area (Å²) in [6.45, 7) is 12.5. The van der Waals surface area contributed by atoms with Gasteiger partial charge in [0.25, 0.3) is 0 Å². The Morgan fingerprint density at radius 3 is 2.50 bits per heavy atom. The number of carbonyl (C=O) groups excluding carboxylic acids is 2. The lowest BCUT2D eigenvalue weighted by Crippen LogP contribution is -2.51. The Balaban J connectivity index is 1.91. The van der Waals surface area contributed by atoms with E-state index in [-0.39, 0.29) is 24.1 Å². The maximum Gasteiger partial charge on any atom is 0.414 e. The molecular weight excluding hydrogens is 406 g/mol. The van der Waals surface area contributed by atoms with Crippen LogP contribution in [0.2, 0.25) is 0 Å². The molecule has 2 atom stereocenters. The van der Waals surface area contributed by atoms with Crippen LogP contribution in [0.3, 0.4) is 0 Å². The van der Waals surface area contributed by atoms with Gasteiger partial charge in [0.1, 0.15) is 0 Å². The molecule has 32 heavy (non-hydrogen) atoms. The monoisotopic (exact) mass is 445 g/mol. The summed E-state index contributed by atoms with van der Waals surface area (Å²) < 4.78 is 11.0. The molecule has 1 saturated heterocycles. The molecule has 0 spiro atoms. The molecule has 2 amide bonds. The minimum atomic E-state index is -0.360. The summed E-state index contributed by atoms with van der Waals surface area (Å²) in [7, 11) is 2.20. The highest BCUT2D eigenvalue weighted by Crippen LogP contribution is 2.39. The molecule has 1 unspecified atom stereocenters. The molecule has 2 heterocycles. The van der Waals surface area contributed by atoms with Crippen LogP contribution >= 0.6 is 0 Å². The molecule has 7 heteroatoms. The van der Waals surface area contributed by atoms with Crippen molar-refractivity contribution in [2.24, 2.45) is 0 Å². The zero-order valence-corrected chi connectivity index (χ0v) is 20.5. The highest BCUT2D eigenvalue weighted by molar-refractivity contribution is 6.02. The van der Waals surface area contributed by atoms with Gasteiger partial charge in [-0.1, -0.05) is 13.0 Å². The van der Waals surface area contributed by atoms with Gasteiger partial charge in [0, 0.05) is 39.3 Å². The number of nitrogens with zero attached hydrogens (tertiary/aromatic N) is 3. The Kier molecular flexibility index (Phi) is 8.17. The van der Waals surface area contributed by atoms with Gasteiger partial charge >= 0.3 is 6.09 Å². The molecule has 2 aliphatic heterocycles. The van der Waals surface area contributed by atoms with Gasteiger partial charge in [0.2, 0.25) is 5.91 Å². The van der Waals surface area contributed by atoms with Crippen molar-refractivity contribution in [3.8, 4) is 0 Å². The number of hydrogen-bond acceptors (Lipinski definition) is 5. The van der Waals surface area contributed by atoms with E-state index in [0.717, 1.165) is 50.4 Å². The van der Waals surface area contributed by atoms with Crippen LogP contribution in [0.4, 0.5) is 16.2 Å². The predicted molar refractivity (Wildman–Crippen MR) is 128 cm³/mol. The maximum absolute atomic E-state index is 12.9. The van der Waals surface area contributed by atoms with Crippen molar-refractivity contribution in [1.82, 2.24) is 4.90 Å². The van der Waals surface area contributed by atoms with E-state index in [1.165, 1.54) is 5.56 Å². The average Bonchev–Trinajstić information content (AvgIpc) is 2.76. The van der Waals surface area contributed by atoms with Crippen molar-refractivity contribution in [1.29, 1.82) is 0 Å². The van der Waals surface area contributed by atoms with E-state index in [1.807, 2.05) is 26.8 Å². The lowest BCUT2D eigenvalue weighted by molar-refractivity contribution is -0.117. The topological polar surface area (TPSA) is 62.3 Å². The van der Waals surface area contributed by atoms with Crippen LogP contribution in [0.25, 0.3) is 0 Å². The molecule has 2 aliphatic rings. The van der Waals surface area contributed by atoms with Crippen LogP contribution in [0.15, 0.2) is 18.2 Å². The molecule has 7 nitrogen and oxygen atoms in total. The molecule has 1 fully saturated rings. The first kappa shape index (κ1) is 24.5. The fourth-order valence-corrected chi connectivity index (χ4v) is 4.91. The van der Waals surface area contributed by atoms with Crippen LogP contribution in [-0.2, 0) is 14.3 Å². The van der Waals surface area contributed by atoms with Gasteiger partial charge in [-0.05, 0) is 70.7 Å². The lowest BCUT2D eigenvalue weighted by atomic mass is 9.92. The quantitative estimate of drug-likeness (QED) is 0.650. The van der Waals surface area contributed by atoms with Gasteiger partial charge in [0.05, 0.1) is 23.5 Å². The molecule has 0 aliphatic carbocycles. The molecular formula is C25H39N3O4. The Morgan fingerprint density at radius 1 is 1.22 bits per heavy atom. The van der Waals surface area contributed by atoms with Gasteiger partial charge in [-0.2, -0.15) is 0 Å².